The molecule has 1 nitrogen and oxygen atoms in total. The van der Waals surface area contributed by atoms with Gasteiger partial charge in [-0.3, -0.25) is 0 Å². The molecular formula is H2Br7Ir2O. The van der Waals surface area contributed by atoms with E-state index >= 15 is 0 Å². The van der Waals surface area contributed by atoms with Crippen molar-refractivity contribution in [3.05, 3.63) is 0 Å². The van der Waals surface area contributed by atoms with Gasteiger partial charge in [0.05, 0.1) is 0 Å². The van der Waals surface area contributed by atoms with E-state index in [2.05, 4.69) is 0 Å². The van der Waals surface area contributed by atoms with Crippen molar-refractivity contribution < 1.29 is 165 Å². The molecule has 0 saturated heterocycles. The summed E-state index contributed by atoms with van der Waals surface area (Å²) >= 11 is 0. The molecule has 1 radical (unpaired) electrons. The van der Waals surface area contributed by atoms with E-state index in [0.717, 1.165) is 0 Å². The van der Waals surface area contributed by atoms with Gasteiger partial charge in [-0.1, -0.05) is 0 Å². The molecule has 0 fully saturated rings. The molecule has 0 heterocycles. The van der Waals surface area contributed by atoms with Gasteiger partial charge < -0.3 is 124 Å². The zero-order chi connectivity index (χ0) is 0. The summed E-state index contributed by atoms with van der Waals surface area (Å²) < 4.78 is 0. The molecule has 10 heavy (non-hydrogen) atoms. The van der Waals surface area contributed by atoms with Crippen LogP contribution in [-0.2, 0) is 40.2 Å². The first-order chi connectivity index (χ1) is 0. The summed E-state index contributed by atoms with van der Waals surface area (Å²) in [6, 6.07) is 0. The Morgan fingerprint density at radius 2 is 0.400 bits per heavy atom. The summed E-state index contributed by atoms with van der Waals surface area (Å²) in [5, 5.41) is 0. The van der Waals surface area contributed by atoms with Crippen LogP contribution in [0, 0.1) is 0 Å². The number of hydrogen-bond acceptors (Lipinski definition) is 0. The molecule has 0 rings (SSSR count). The quantitative estimate of drug-likeness (QED) is 0.232. The van der Waals surface area contributed by atoms with Gasteiger partial charge >= 0.3 is 40.2 Å². The Balaban J connectivity index is 0. The van der Waals surface area contributed by atoms with Crippen LogP contribution in [-0.4, -0.2) is 5.48 Å². The summed E-state index contributed by atoms with van der Waals surface area (Å²) in [5.41, 5.74) is 0. The molecule has 0 aromatic rings. The van der Waals surface area contributed by atoms with Gasteiger partial charge in [0.15, 0.2) is 0 Å². The van der Waals surface area contributed by atoms with Crippen molar-refractivity contribution >= 4 is 0 Å². The number of halogens is 7. The maximum Gasteiger partial charge on any atom is 4.00 e. The van der Waals surface area contributed by atoms with E-state index in [4.69, 9.17) is 0 Å². The van der Waals surface area contributed by atoms with Crippen LogP contribution >= 0.6 is 0 Å². The van der Waals surface area contributed by atoms with E-state index in [1.807, 2.05) is 0 Å². The fourth-order valence-corrected chi connectivity index (χ4v) is 0. The summed E-state index contributed by atoms with van der Waals surface area (Å²) in [7, 11) is 0. The van der Waals surface area contributed by atoms with Crippen LogP contribution in [0.2, 0.25) is 0 Å². The molecule has 0 saturated carbocycles. The molecule has 0 amide bonds. The van der Waals surface area contributed by atoms with E-state index in [1.165, 1.54) is 0 Å². The minimum absolute atomic E-state index is 0. The molecule has 0 aliphatic carbocycles. The van der Waals surface area contributed by atoms with Crippen molar-refractivity contribution in [2.24, 2.45) is 0 Å². The Morgan fingerprint density at radius 1 is 0.400 bits per heavy atom. The predicted molar refractivity (Wildman–Crippen MR) is 3.61 cm³/mol. The second-order valence-electron chi connectivity index (χ2n) is 0. The Labute approximate surface area is 161 Å². The molecule has 0 spiro atoms. The van der Waals surface area contributed by atoms with E-state index < -0.39 is 0 Å². The Morgan fingerprint density at radius 3 is 0.400 bits per heavy atom. The Kier molecular flexibility index (Phi) is 1290. The van der Waals surface area contributed by atoms with Crippen LogP contribution < -0.4 is 119 Å². The number of hydrogen-bond donors (Lipinski definition) is 0. The van der Waals surface area contributed by atoms with Crippen LogP contribution in [0.4, 0.5) is 0 Å². The minimum Gasteiger partial charge on any atom is -1.00 e. The standard InChI is InChI=1S/7BrH.2Ir.H2O/h7*1H;;;1H2/q;;;;;;;+3;+4;/p-7. The summed E-state index contributed by atoms with van der Waals surface area (Å²) in [6.07, 6.45) is 0. The zero-order valence-corrected chi connectivity index (χ0v) is 19.7. The molecule has 2 N–H and O–H groups in total. The first-order valence-corrected chi connectivity index (χ1v) is 0. The van der Waals surface area contributed by atoms with Crippen LogP contribution in [0.5, 0.6) is 0 Å². The molecule has 0 atom stereocenters. The first-order valence-electron chi connectivity index (χ1n) is 0. The summed E-state index contributed by atoms with van der Waals surface area (Å²) in [5.74, 6) is 0. The maximum atomic E-state index is 0. The third-order valence-electron chi connectivity index (χ3n) is 0. The zero-order valence-electron chi connectivity index (χ0n) is 3.81. The van der Waals surface area contributed by atoms with Gasteiger partial charge in [-0.05, 0) is 0 Å². The largest absolute Gasteiger partial charge is 4.00 e. The van der Waals surface area contributed by atoms with Gasteiger partial charge in [0.1, 0.15) is 0 Å². The third-order valence-corrected chi connectivity index (χ3v) is 0. The smallest absolute Gasteiger partial charge is 1.00 e. The van der Waals surface area contributed by atoms with Gasteiger partial charge in [-0.2, -0.15) is 0 Å². The van der Waals surface area contributed by atoms with Crippen molar-refractivity contribution in [3.8, 4) is 0 Å². The normalized spacial score (nSPS) is 0. The second-order valence-corrected chi connectivity index (χ2v) is 0. The van der Waals surface area contributed by atoms with Crippen molar-refractivity contribution in [2.75, 3.05) is 0 Å². The van der Waals surface area contributed by atoms with E-state index in [9.17, 15) is 0 Å². The molecule has 0 aromatic carbocycles. The van der Waals surface area contributed by atoms with Crippen molar-refractivity contribution in [1.29, 1.82) is 0 Å². The Hall–Kier alpha value is 4.62. The topological polar surface area (TPSA) is 31.5 Å². The third kappa shape index (κ3) is 79.9. The van der Waals surface area contributed by atoms with Crippen LogP contribution in [0.25, 0.3) is 0 Å². The van der Waals surface area contributed by atoms with Gasteiger partial charge in [-0.25, -0.2) is 0 Å². The molecule has 10 heteroatoms. The van der Waals surface area contributed by atoms with Crippen molar-refractivity contribution in [2.45, 2.75) is 0 Å². The second kappa shape index (κ2) is 102. The monoisotopic (exact) mass is 956 g/mol. The molecular weight excluding hydrogens is 960 g/mol. The molecule has 0 bridgehead atoms. The Bertz CT molecular complexity index is 11.6. The summed E-state index contributed by atoms with van der Waals surface area (Å²) in [4.78, 5) is 0. The van der Waals surface area contributed by atoms with Gasteiger partial charge in [-0.15, -0.1) is 0 Å². The van der Waals surface area contributed by atoms with Crippen molar-refractivity contribution in [1.82, 2.24) is 0 Å². The summed E-state index contributed by atoms with van der Waals surface area (Å²) in [6.45, 7) is 0. The predicted octanol–water partition coefficient (Wildman–Crippen LogP) is -21.8. The average molecular weight is 962 g/mol. The van der Waals surface area contributed by atoms with Crippen LogP contribution in [0.15, 0.2) is 0 Å². The molecule has 0 aliphatic heterocycles. The fourth-order valence-electron chi connectivity index (χ4n) is 0. The maximum absolute atomic E-state index is 0. The fraction of sp³-hybridized carbons (Fsp3) is 0. The van der Waals surface area contributed by atoms with E-state index in [1.54, 1.807) is 0 Å². The van der Waals surface area contributed by atoms with Gasteiger partial charge in [0, 0.05) is 0 Å². The molecule has 0 aromatic heterocycles. The van der Waals surface area contributed by atoms with Crippen molar-refractivity contribution in [3.63, 3.8) is 0 Å². The van der Waals surface area contributed by atoms with Gasteiger partial charge in [0.25, 0.3) is 0 Å². The van der Waals surface area contributed by atoms with E-state index in [-0.39, 0.29) is 165 Å². The minimum atomic E-state index is 0. The molecule has 0 unspecified atom stereocenters. The van der Waals surface area contributed by atoms with Crippen LogP contribution in [0.1, 0.15) is 0 Å². The first kappa shape index (κ1) is 127. The molecule has 75 valence electrons. The van der Waals surface area contributed by atoms with E-state index in [0.29, 0.717) is 0 Å². The number of rotatable bonds is 0. The van der Waals surface area contributed by atoms with Gasteiger partial charge in [0.2, 0.25) is 0 Å². The van der Waals surface area contributed by atoms with Crippen LogP contribution in [0.3, 0.4) is 0 Å². The molecule has 0 aliphatic rings. The SMILES string of the molecule is O.[Br-].[Br-].[Br-].[Br-].[Br-].[Br-].[Br-].[Ir+3].[Ir+4]. The average Bonchev–Trinajstić information content (AvgIpc) is 0.